The Morgan fingerprint density at radius 3 is 2.38 bits per heavy atom. The van der Waals surface area contributed by atoms with Gasteiger partial charge in [0, 0.05) is 24.9 Å². The summed E-state index contributed by atoms with van der Waals surface area (Å²) in [5.41, 5.74) is 4.73. The number of fused-ring (bicyclic) bond motifs is 1. The van der Waals surface area contributed by atoms with Crippen LogP contribution in [0.25, 0.3) is 11.0 Å². The van der Waals surface area contributed by atoms with Crippen molar-refractivity contribution in [3.8, 4) is 0 Å². The van der Waals surface area contributed by atoms with Gasteiger partial charge in [0.2, 0.25) is 5.91 Å². The van der Waals surface area contributed by atoms with Crippen LogP contribution in [0.5, 0.6) is 0 Å². The maximum absolute atomic E-state index is 13.3. The van der Waals surface area contributed by atoms with Crippen LogP contribution in [-0.2, 0) is 17.8 Å². The molecule has 0 unspecified atom stereocenters. The number of nitrogens with one attached hydrogen (secondary N) is 1. The zero-order valence-corrected chi connectivity index (χ0v) is 19.0. The largest absolute Gasteiger partial charge is 0.355 e. The van der Waals surface area contributed by atoms with Crippen LogP contribution in [0.2, 0.25) is 0 Å². The van der Waals surface area contributed by atoms with Crippen LogP contribution in [0.3, 0.4) is 0 Å². The van der Waals surface area contributed by atoms with Gasteiger partial charge in [-0.05, 0) is 86.5 Å². The molecule has 4 heteroatoms. The molecule has 4 bridgehead atoms. The number of aromatic nitrogens is 2. The average molecular weight is 428 g/mol. The predicted molar refractivity (Wildman–Crippen MR) is 127 cm³/mol. The lowest BCUT2D eigenvalue weighted by atomic mass is 9.49. The molecule has 4 saturated carbocycles. The zero-order chi connectivity index (χ0) is 21.7. The fraction of sp³-hybridized carbons (Fsp3) is 0.500. The van der Waals surface area contributed by atoms with Gasteiger partial charge in [-0.1, -0.05) is 36.4 Å². The molecule has 2 aromatic carbocycles. The van der Waals surface area contributed by atoms with E-state index in [9.17, 15) is 4.79 Å². The quantitative estimate of drug-likeness (QED) is 0.583. The van der Waals surface area contributed by atoms with E-state index in [1.807, 2.05) is 6.07 Å². The van der Waals surface area contributed by atoms with Gasteiger partial charge in [0.25, 0.3) is 0 Å². The Morgan fingerprint density at radius 1 is 1.00 bits per heavy atom. The monoisotopic (exact) mass is 427 g/mol. The van der Waals surface area contributed by atoms with Crippen LogP contribution in [0.15, 0.2) is 48.5 Å². The summed E-state index contributed by atoms with van der Waals surface area (Å²) in [5.74, 6) is 3.76. The molecule has 166 valence electrons. The minimum atomic E-state index is -0.0734. The van der Waals surface area contributed by atoms with E-state index in [1.165, 1.54) is 30.4 Å². The second-order valence-corrected chi connectivity index (χ2v) is 10.7. The number of amides is 1. The number of carbonyl (C=O) groups excluding carboxylic acids is 1. The van der Waals surface area contributed by atoms with Crippen molar-refractivity contribution in [3.05, 3.63) is 65.5 Å². The number of hydrogen-bond donors (Lipinski definition) is 1. The Morgan fingerprint density at radius 2 is 1.66 bits per heavy atom. The number of nitrogens with zero attached hydrogens (tertiary/aromatic N) is 2. The van der Waals surface area contributed by atoms with Gasteiger partial charge in [-0.15, -0.1) is 0 Å². The molecule has 4 aliphatic carbocycles. The highest BCUT2D eigenvalue weighted by Gasteiger charge is 2.54. The lowest BCUT2D eigenvalue weighted by Crippen LogP contribution is -2.53. The van der Waals surface area contributed by atoms with Crippen molar-refractivity contribution in [2.24, 2.45) is 23.2 Å². The molecule has 0 aliphatic heterocycles. The first-order chi connectivity index (χ1) is 15.6. The minimum absolute atomic E-state index is 0.0734. The van der Waals surface area contributed by atoms with E-state index in [2.05, 4.69) is 59.3 Å². The lowest BCUT2D eigenvalue weighted by molar-refractivity contribution is -0.146. The second-order valence-electron chi connectivity index (χ2n) is 10.7. The van der Waals surface area contributed by atoms with E-state index in [0.717, 1.165) is 66.8 Å². The van der Waals surface area contributed by atoms with E-state index in [0.29, 0.717) is 12.5 Å². The molecule has 3 aromatic rings. The number of benzene rings is 2. The highest BCUT2D eigenvalue weighted by molar-refractivity contribution is 5.83. The van der Waals surface area contributed by atoms with Gasteiger partial charge in [-0.2, -0.15) is 0 Å². The molecular weight excluding hydrogens is 394 g/mol. The SMILES string of the molecule is Cc1ccccc1Cn1c(CCNC(=O)C23CC4CC(CC(C4)C2)C3)nc2ccccc21. The molecule has 0 radical (unpaired) electrons. The summed E-state index contributed by atoms with van der Waals surface area (Å²) in [6, 6.07) is 16.9. The molecule has 0 saturated heterocycles. The highest BCUT2D eigenvalue weighted by Crippen LogP contribution is 2.60. The second kappa shape index (κ2) is 7.75. The number of carbonyl (C=O) groups is 1. The number of hydrogen-bond acceptors (Lipinski definition) is 2. The van der Waals surface area contributed by atoms with Crippen LogP contribution in [0.1, 0.15) is 55.5 Å². The summed E-state index contributed by atoms with van der Waals surface area (Å²) >= 11 is 0. The molecular formula is C28H33N3O. The number of aryl methyl sites for hydroxylation is 1. The summed E-state index contributed by atoms with van der Waals surface area (Å²) in [5, 5.41) is 3.34. The van der Waals surface area contributed by atoms with Gasteiger partial charge in [0.1, 0.15) is 5.82 Å². The molecule has 1 heterocycles. The third-order valence-corrected chi connectivity index (χ3v) is 8.48. The zero-order valence-electron chi connectivity index (χ0n) is 19.0. The van der Waals surface area contributed by atoms with E-state index < -0.39 is 0 Å². The van der Waals surface area contributed by atoms with Crippen molar-refractivity contribution in [3.63, 3.8) is 0 Å². The Bertz CT molecular complexity index is 1130. The Hall–Kier alpha value is -2.62. The van der Waals surface area contributed by atoms with Gasteiger partial charge >= 0.3 is 0 Å². The predicted octanol–water partition coefficient (Wildman–Crippen LogP) is 5.27. The summed E-state index contributed by atoms with van der Waals surface area (Å²) in [6.07, 6.45) is 8.24. The molecule has 7 rings (SSSR count). The van der Waals surface area contributed by atoms with Gasteiger partial charge in [0.05, 0.1) is 11.0 Å². The van der Waals surface area contributed by atoms with Crippen molar-refractivity contribution < 1.29 is 4.79 Å². The summed E-state index contributed by atoms with van der Waals surface area (Å²) in [4.78, 5) is 18.3. The first kappa shape index (κ1) is 20.0. The molecule has 1 N–H and O–H groups in total. The third kappa shape index (κ3) is 3.44. The van der Waals surface area contributed by atoms with Gasteiger partial charge in [-0.25, -0.2) is 4.98 Å². The van der Waals surface area contributed by atoms with Crippen molar-refractivity contribution in [1.29, 1.82) is 0 Å². The summed E-state index contributed by atoms with van der Waals surface area (Å²) < 4.78 is 2.33. The Balaban J connectivity index is 1.19. The smallest absolute Gasteiger partial charge is 0.226 e. The standard InChI is InChI=1S/C28H33N3O/c1-19-6-2-3-7-23(19)18-31-25-9-5-4-8-24(25)30-26(31)10-11-29-27(32)28-15-20-12-21(16-28)14-22(13-20)17-28/h2-9,20-22H,10-18H2,1H3,(H,29,32). The third-order valence-electron chi connectivity index (χ3n) is 8.48. The molecule has 4 fully saturated rings. The molecule has 32 heavy (non-hydrogen) atoms. The molecule has 4 nitrogen and oxygen atoms in total. The fourth-order valence-electron chi connectivity index (χ4n) is 7.31. The van der Waals surface area contributed by atoms with Crippen LogP contribution in [0, 0.1) is 30.1 Å². The lowest BCUT2D eigenvalue weighted by Gasteiger charge is -2.55. The maximum atomic E-state index is 13.3. The van der Waals surface area contributed by atoms with Crippen LogP contribution >= 0.6 is 0 Å². The van der Waals surface area contributed by atoms with Gasteiger partial charge < -0.3 is 9.88 Å². The molecule has 1 amide bonds. The van der Waals surface area contributed by atoms with Crippen molar-refractivity contribution in [2.45, 2.75) is 58.4 Å². The summed E-state index contributed by atoms with van der Waals surface area (Å²) in [6.45, 7) is 3.64. The van der Waals surface area contributed by atoms with E-state index in [-0.39, 0.29) is 5.41 Å². The average Bonchev–Trinajstić information content (AvgIpc) is 3.11. The van der Waals surface area contributed by atoms with Crippen LogP contribution < -0.4 is 5.32 Å². The van der Waals surface area contributed by atoms with Crippen molar-refractivity contribution in [1.82, 2.24) is 14.9 Å². The number of imidazole rings is 1. The van der Waals surface area contributed by atoms with E-state index in [1.54, 1.807) is 0 Å². The Kier molecular flexibility index (Phi) is 4.85. The van der Waals surface area contributed by atoms with Gasteiger partial charge in [-0.3, -0.25) is 4.79 Å². The van der Waals surface area contributed by atoms with Crippen molar-refractivity contribution in [2.75, 3.05) is 6.54 Å². The summed E-state index contributed by atoms with van der Waals surface area (Å²) in [7, 11) is 0. The fourth-order valence-corrected chi connectivity index (χ4v) is 7.31. The van der Waals surface area contributed by atoms with Gasteiger partial charge in [0.15, 0.2) is 0 Å². The highest BCUT2D eigenvalue weighted by atomic mass is 16.2. The first-order valence-electron chi connectivity index (χ1n) is 12.4. The minimum Gasteiger partial charge on any atom is -0.355 e. The van der Waals surface area contributed by atoms with Crippen LogP contribution in [-0.4, -0.2) is 22.0 Å². The molecule has 1 aromatic heterocycles. The number of para-hydroxylation sites is 2. The van der Waals surface area contributed by atoms with Crippen LogP contribution in [0.4, 0.5) is 0 Å². The number of rotatable bonds is 6. The maximum Gasteiger partial charge on any atom is 0.226 e. The van der Waals surface area contributed by atoms with E-state index >= 15 is 0 Å². The molecule has 0 spiro atoms. The van der Waals surface area contributed by atoms with E-state index in [4.69, 9.17) is 4.98 Å². The normalized spacial score (nSPS) is 28.3. The first-order valence-corrected chi connectivity index (χ1v) is 12.4. The Labute approximate surface area is 190 Å². The van der Waals surface area contributed by atoms with Crippen molar-refractivity contribution >= 4 is 16.9 Å². The topological polar surface area (TPSA) is 46.9 Å². The molecule has 0 atom stereocenters. The molecule has 4 aliphatic rings.